The van der Waals surface area contributed by atoms with Crippen LogP contribution < -0.4 is 4.90 Å². The van der Waals surface area contributed by atoms with Crippen molar-refractivity contribution in [3.8, 4) is 33.4 Å². The van der Waals surface area contributed by atoms with E-state index in [0.717, 1.165) is 17.1 Å². The van der Waals surface area contributed by atoms with Gasteiger partial charge >= 0.3 is 0 Å². The highest BCUT2D eigenvalue weighted by Gasteiger charge is 2.21. The second kappa shape index (κ2) is 12.3. The number of hydrogen-bond donors (Lipinski definition) is 0. The van der Waals surface area contributed by atoms with E-state index >= 15 is 0 Å². The van der Waals surface area contributed by atoms with Crippen LogP contribution in [0.25, 0.3) is 65.7 Å². The molecule has 0 unspecified atom stereocenters. The van der Waals surface area contributed by atoms with Crippen LogP contribution in [-0.2, 0) is 0 Å². The molecule has 0 amide bonds. The minimum absolute atomic E-state index is 1.11. The summed E-state index contributed by atoms with van der Waals surface area (Å²) in [5.74, 6) is 0. The molecular formula is C48H33N. The van der Waals surface area contributed by atoms with Crippen molar-refractivity contribution in [3.63, 3.8) is 0 Å². The fourth-order valence-corrected chi connectivity index (χ4v) is 7.13. The van der Waals surface area contributed by atoms with Gasteiger partial charge in [0.25, 0.3) is 0 Å². The second-order valence-corrected chi connectivity index (χ2v) is 12.6. The lowest BCUT2D eigenvalue weighted by atomic mass is 9.95. The fourth-order valence-electron chi connectivity index (χ4n) is 7.13. The van der Waals surface area contributed by atoms with E-state index in [9.17, 15) is 0 Å². The standard InChI is InChI=1S/C48H33N/c1-2-14-36(15-3-1)46-29-28-43(42-27-25-35-13-5-7-18-39(35)31-42)33-48(46)49(47-23-11-19-37-16-8-9-22-45(37)47)44-21-10-20-40(32-44)41-26-24-34-12-4-6-17-38(34)30-41/h1-33H. The van der Waals surface area contributed by atoms with E-state index in [1.54, 1.807) is 0 Å². The Hall–Kier alpha value is -6.44. The van der Waals surface area contributed by atoms with Gasteiger partial charge in [-0.2, -0.15) is 0 Å². The highest BCUT2D eigenvalue weighted by molar-refractivity contribution is 6.02. The number of benzene rings is 9. The Morgan fingerprint density at radius 2 is 0.776 bits per heavy atom. The van der Waals surface area contributed by atoms with Crippen LogP contribution in [0, 0.1) is 0 Å². The van der Waals surface area contributed by atoms with Crippen molar-refractivity contribution < 1.29 is 0 Å². The summed E-state index contributed by atoms with van der Waals surface area (Å²) in [4.78, 5) is 2.46. The molecule has 0 aliphatic carbocycles. The van der Waals surface area contributed by atoms with Crippen LogP contribution in [0.3, 0.4) is 0 Å². The Labute approximate surface area is 287 Å². The zero-order chi connectivity index (χ0) is 32.6. The Morgan fingerprint density at radius 1 is 0.265 bits per heavy atom. The number of fused-ring (bicyclic) bond motifs is 3. The van der Waals surface area contributed by atoms with E-state index in [2.05, 4.69) is 205 Å². The average Bonchev–Trinajstić information content (AvgIpc) is 3.18. The molecule has 9 aromatic carbocycles. The van der Waals surface area contributed by atoms with Crippen LogP contribution in [-0.4, -0.2) is 0 Å². The molecule has 0 bridgehead atoms. The molecular weight excluding hydrogens is 591 g/mol. The normalized spacial score (nSPS) is 11.3. The maximum Gasteiger partial charge on any atom is 0.0546 e. The van der Waals surface area contributed by atoms with Gasteiger partial charge in [0.2, 0.25) is 0 Å². The maximum atomic E-state index is 2.46. The molecule has 0 saturated heterocycles. The van der Waals surface area contributed by atoms with E-state index in [1.807, 2.05) is 0 Å². The van der Waals surface area contributed by atoms with E-state index in [0.29, 0.717) is 0 Å². The van der Waals surface area contributed by atoms with Crippen LogP contribution in [0.4, 0.5) is 17.1 Å². The minimum atomic E-state index is 1.11. The van der Waals surface area contributed by atoms with Gasteiger partial charge in [0, 0.05) is 16.6 Å². The van der Waals surface area contributed by atoms with Crippen LogP contribution in [0.1, 0.15) is 0 Å². The molecule has 0 fully saturated rings. The number of hydrogen-bond acceptors (Lipinski definition) is 1. The molecule has 0 aromatic heterocycles. The summed E-state index contributed by atoms with van der Waals surface area (Å²) in [7, 11) is 0. The summed E-state index contributed by atoms with van der Waals surface area (Å²) >= 11 is 0. The summed E-state index contributed by atoms with van der Waals surface area (Å²) in [6.07, 6.45) is 0. The van der Waals surface area contributed by atoms with E-state index in [-0.39, 0.29) is 0 Å². The molecule has 0 aliphatic rings. The fraction of sp³-hybridized carbons (Fsp3) is 0. The summed E-state index contributed by atoms with van der Waals surface area (Å²) in [5.41, 5.74) is 10.5. The van der Waals surface area contributed by atoms with Gasteiger partial charge < -0.3 is 4.90 Å². The van der Waals surface area contributed by atoms with Gasteiger partial charge in [-0.3, -0.25) is 0 Å². The minimum Gasteiger partial charge on any atom is -0.309 e. The van der Waals surface area contributed by atoms with Crippen molar-refractivity contribution >= 4 is 49.4 Å². The molecule has 0 spiro atoms. The van der Waals surface area contributed by atoms with E-state index in [4.69, 9.17) is 0 Å². The zero-order valence-electron chi connectivity index (χ0n) is 27.0. The first kappa shape index (κ1) is 28.8. The van der Waals surface area contributed by atoms with Gasteiger partial charge in [-0.15, -0.1) is 0 Å². The largest absolute Gasteiger partial charge is 0.309 e. The first-order chi connectivity index (χ1) is 24.3. The van der Waals surface area contributed by atoms with E-state index in [1.165, 1.54) is 65.7 Å². The van der Waals surface area contributed by atoms with Crippen molar-refractivity contribution in [2.45, 2.75) is 0 Å². The second-order valence-electron chi connectivity index (χ2n) is 12.6. The number of anilines is 3. The van der Waals surface area contributed by atoms with Gasteiger partial charge in [-0.05, 0) is 91.1 Å². The lowest BCUT2D eigenvalue weighted by Crippen LogP contribution is -2.12. The third kappa shape index (κ3) is 5.42. The SMILES string of the molecule is c1ccc(-c2ccc(-c3ccc4ccccc4c3)cc2N(c2cccc(-c3ccc4ccccc4c3)c2)c2cccc3ccccc23)cc1. The van der Waals surface area contributed by atoms with Crippen LogP contribution >= 0.6 is 0 Å². The topological polar surface area (TPSA) is 3.24 Å². The lowest BCUT2D eigenvalue weighted by Gasteiger charge is -2.30. The highest BCUT2D eigenvalue weighted by atomic mass is 15.1. The molecule has 0 atom stereocenters. The van der Waals surface area contributed by atoms with Crippen molar-refractivity contribution in [2.75, 3.05) is 4.90 Å². The van der Waals surface area contributed by atoms with Crippen LogP contribution in [0.5, 0.6) is 0 Å². The molecule has 1 heteroatoms. The van der Waals surface area contributed by atoms with Crippen molar-refractivity contribution in [1.29, 1.82) is 0 Å². The lowest BCUT2D eigenvalue weighted by molar-refractivity contribution is 1.30. The van der Waals surface area contributed by atoms with Crippen molar-refractivity contribution in [2.24, 2.45) is 0 Å². The van der Waals surface area contributed by atoms with Gasteiger partial charge in [0.1, 0.15) is 0 Å². The van der Waals surface area contributed by atoms with E-state index < -0.39 is 0 Å². The average molecular weight is 624 g/mol. The Kier molecular flexibility index (Phi) is 7.22. The Balaban J connectivity index is 1.30. The Morgan fingerprint density at radius 3 is 1.49 bits per heavy atom. The number of rotatable bonds is 6. The third-order valence-electron chi connectivity index (χ3n) is 9.60. The monoisotopic (exact) mass is 623 g/mol. The number of nitrogens with zero attached hydrogens (tertiary/aromatic N) is 1. The smallest absolute Gasteiger partial charge is 0.0546 e. The molecule has 0 radical (unpaired) electrons. The zero-order valence-corrected chi connectivity index (χ0v) is 27.0. The molecule has 9 rings (SSSR count). The third-order valence-corrected chi connectivity index (χ3v) is 9.60. The van der Waals surface area contributed by atoms with Crippen molar-refractivity contribution in [1.82, 2.24) is 0 Å². The summed E-state index contributed by atoms with van der Waals surface area (Å²) in [6, 6.07) is 72.7. The quantitative estimate of drug-likeness (QED) is 0.178. The predicted octanol–water partition coefficient (Wildman–Crippen LogP) is 13.6. The van der Waals surface area contributed by atoms with Crippen LogP contribution in [0.2, 0.25) is 0 Å². The molecule has 1 nitrogen and oxygen atoms in total. The Bertz CT molecular complexity index is 2610. The first-order valence-electron chi connectivity index (χ1n) is 16.8. The van der Waals surface area contributed by atoms with Gasteiger partial charge in [-0.25, -0.2) is 0 Å². The molecule has 9 aromatic rings. The van der Waals surface area contributed by atoms with Crippen molar-refractivity contribution in [3.05, 3.63) is 200 Å². The predicted molar refractivity (Wildman–Crippen MR) is 210 cm³/mol. The maximum absolute atomic E-state index is 2.46. The molecule has 230 valence electrons. The molecule has 0 N–H and O–H groups in total. The molecule has 49 heavy (non-hydrogen) atoms. The molecule has 0 aliphatic heterocycles. The summed E-state index contributed by atoms with van der Waals surface area (Å²) in [6.45, 7) is 0. The summed E-state index contributed by atoms with van der Waals surface area (Å²) < 4.78 is 0. The highest BCUT2D eigenvalue weighted by Crippen LogP contribution is 2.46. The first-order valence-corrected chi connectivity index (χ1v) is 16.8. The summed E-state index contributed by atoms with van der Waals surface area (Å²) in [5, 5.41) is 7.39. The van der Waals surface area contributed by atoms with Crippen LogP contribution in [0.15, 0.2) is 200 Å². The molecule has 0 saturated carbocycles. The molecule has 0 heterocycles. The van der Waals surface area contributed by atoms with Gasteiger partial charge in [0.15, 0.2) is 0 Å². The van der Waals surface area contributed by atoms with Gasteiger partial charge in [0.05, 0.1) is 11.4 Å². The van der Waals surface area contributed by atoms with Gasteiger partial charge in [-0.1, -0.05) is 164 Å².